The summed E-state index contributed by atoms with van der Waals surface area (Å²) in [4.78, 5) is 21.0. The third-order valence-corrected chi connectivity index (χ3v) is 8.83. The predicted octanol–water partition coefficient (Wildman–Crippen LogP) is 5.66. The second-order valence-electron chi connectivity index (χ2n) is 10.6. The number of carbonyl (C=O) groups is 1. The maximum atomic E-state index is 12.4. The number of hydrogen-bond donors (Lipinski definition) is 2. The fraction of sp³-hybridized carbons (Fsp3) is 0.483. The van der Waals surface area contributed by atoms with Crippen molar-refractivity contribution in [2.75, 3.05) is 44.3 Å². The summed E-state index contributed by atoms with van der Waals surface area (Å²) < 4.78 is 6.63. The number of hydrogen-bond acceptors (Lipinski definition) is 4. The van der Waals surface area contributed by atoms with Gasteiger partial charge in [0, 0.05) is 63.5 Å². The van der Waals surface area contributed by atoms with Gasteiger partial charge in [-0.25, -0.2) is 4.79 Å². The van der Waals surface area contributed by atoms with Crippen LogP contribution in [0.5, 0.6) is 0 Å². The molecule has 0 spiro atoms. The maximum Gasteiger partial charge on any atom is 0.338 e. The molecule has 2 fully saturated rings. The number of aromatic amines is 1. The minimum atomic E-state index is -0.888. The molecule has 3 heterocycles. The van der Waals surface area contributed by atoms with Gasteiger partial charge in [-0.15, -0.1) is 0 Å². The van der Waals surface area contributed by atoms with Crippen molar-refractivity contribution in [2.45, 2.75) is 51.5 Å². The first-order valence-electron chi connectivity index (χ1n) is 13.0. The monoisotopic (exact) mass is 601 g/mol. The Morgan fingerprint density at radius 3 is 2.50 bits per heavy atom. The normalized spacial score (nSPS) is 18.2. The first-order chi connectivity index (χ1) is 17.3. The van der Waals surface area contributed by atoms with Gasteiger partial charge in [0.1, 0.15) is 0 Å². The average Bonchev–Trinajstić information content (AvgIpc) is 3.29. The van der Waals surface area contributed by atoms with Crippen molar-refractivity contribution in [2.24, 2.45) is 0 Å². The topological polar surface area (TPSA) is 68.8 Å². The van der Waals surface area contributed by atoms with E-state index in [1.54, 1.807) is 0 Å². The van der Waals surface area contributed by atoms with E-state index in [4.69, 9.17) is 4.74 Å². The highest BCUT2D eigenvalue weighted by Gasteiger charge is 2.33. The summed E-state index contributed by atoms with van der Waals surface area (Å²) in [6, 6.07) is 13.3. The van der Waals surface area contributed by atoms with Gasteiger partial charge in [0.15, 0.2) is 0 Å². The molecule has 1 aromatic heterocycles. The molecule has 6 nitrogen and oxygen atoms in total. The molecule has 5 rings (SSSR count). The van der Waals surface area contributed by atoms with Crippen LogP contribution in [0.15, 0.2) is 36.4 Å². The van der Waals surface area contributed by atoms with E-state index in [1.807, 2.05) is 18.2 Å². The molecule has 2 aromatic carbocycles. The molecular formula is C29H36IN3O3. The molecule has 0 atom stereocenters. The van der Waals surface area contributed by atoms with Crippen LogP contribution < -0.4 is 4.90 Å². The molecule has 2 saturated heterocycles. The van der Waals surface area contributed by atoms with Gasteiger partial charge in [0.25, 0.3) is 0 Å². The van der Waals surface area contributed by atoms with Crippen LogP contribution in [0.3, 0.4) is 0 Å². The molecule has 192 valence electrons. The van der Waals surface area contributed by atoms with Gasteiger partial charge < -0.3 is 19.7 Å². The molecule has 0 unspecified atom stereocenters. The molecule has 0 aliphatic carbocycles. The quantitative estimate of drug-likeness (QED) is 0.357. The van der Waals surface area contributed by atoms with E-state index in [-0.39, 0.29) is 0 Å². The van der Waals surface area contributed by atoms with Crippen molar-refractivity contribution < 1.29 is 14.6 Å². The summed E-state index contributed by atoms with van der Waals surface area (Å²) >= 11 is 2.27. The first kappa shape index (κ1) is 25.5. The molecule has 36 heavy (non-hydrogen) atoms. The van der Waals surface area contributed by atoms with Crippen molar-refractivity contribution in [3.63, 3.8) is 0 Å². The lowest BCUT2D eigenvalue weighted by atomic mass is 9.79. The molecule has 7 heteroatoms. The van der Waals surface area contributed by atoms with E-state index in [0.29, 0.717) is 11.6 Å². The number of rotatable bonds is 6. The van der Waals surface area contributed by atoms with Crippen molar-refractivity contribution in [3.8, 4) is 0 Å². The highest BCUT2D eigenvalue weighted by Crippen LogP contribution is 2.39. The molecule has 0 amide bonds. The second-order valence-corrected chi connectivity index (χ2v) is 11.8. The second kappa shape index (κ2) is 10.3. The average molecular weight is 602 g/mol. The smallest absolute Gasteiger partial charge is 0.338 e. The number of morpholine rings is 1. The summed E-state index contributed by atoms with van der Waals surface area (Å²) in [6.45, 7) is 12.4. The van der Waals surface area contributed by atoms with Crippen LogP contribution in [0.25, 0.3) is 10.9 Å². The Bertz CT molecular complexity index is 1250. The molecule has 3 aromatic rings. The number of nitrogens with one attached hydrogen (secondary N) is 1. The van der Waals surface area contributed by atoms with Crippen molar-refractivity contribution >= 4 is 45.2 Å². The standard InChI is InChI=1S/C29H36IN3O3/c1-4-19-5-6-20(17-25(19)33-11-9-22(10-12-33)32-13-15-36-16-14-32)29(2,3)27-26(28(34)35)23-8-7-21(30)18-24(23)31-27/h5-8,17-18,22,31H,4,9-16H2,1-3H3,(H,34,35). The van der Waals surface area contributed by atoms with Crippen molar-refractivity contribution in [1.29, 1.82) is 0 Å². The number of benzene rings is 2. The molecule has 2 N–H and O–H groups in total. The number of H-pyrrole nitrogens is 1. The lowest BCUT2D eigenvalue weighted by molar-refractivity contribution is 0.0115. The fourth-order valence-corrected chi connectivity index (χ4v) is 6.46. The number of carboxylic acid groups (broad SMARTS) is 1. The van der Waals surface area contributed by atoms with Gasteiger partial charge in [0.2, 0.25) is 0 Å². The van der Waals surface area contributed by atoms with Gasteiger partial charge in [-0.05, 0) is 71.2 Å². The number of anilines is 1. The van der Waals surface area contributed by atoms with Gasteiger partial charge >= 0.3 is 5.97 Å². The Balaban J connectivity index is 1.47. The van der Waals surface area contributed by atoms with Crippen LogP contribution in [-0.4, -0.2) is 66.4 Å². The highest BCUT2D eigenvalue weighted by atomic mass is 127. The highest BCUT2D eigenvalue weighted by molar-refractivity contribution is 14.1. The maximum absolute atomic E-state index is 12.4. The molecular weight excluding hydrogens is 565 g/mol. The van der Waals surface area contributed by atoms with Gasteiger partial charge in [-0.3, -0.25) is 4.90 Å². The minimum Gasteiger partial charge on any atom is -0.478 e. The number of fused-ring (bicyclic) bond motifs is 1. The summed E-state index contributed by atoms with van der Waals surface area (Å²) in [6.07, 6.45) is 3.31. The zero-order valence-electron chi connectivity index (χ0n) is 21.4. The van der Waals surface area contributed by atoms with E-state index in [0.717, 1.165) is 71.5 Å². The number of aromatic carboxylic acids is 1. The Kier molecular flexibility index (Phi) is 7.34. The lowest BCUT2D eigenvalue weighted by Gasteiger charge is -2.41. The Hall–Kier alpha value is -2.10. The van der Waals surface area contributed by atoms with E-state index in [2.05, 4.69) is 76.3 Å². The molecule has 2 aliphatic heterocycles. The first-order valence-corrected chi connectivity index (χ1v) is 14.1. The number of aromatic nitrogens is 1. The molecule has 2 aliphatic rings. The van der Waals surface area contributed by atoms with Crippen LogP contribution >= 0.6 is 22.6 Å². The van der Waals surface area contributed by atoms with E-state index in [9.17, 15) is 9.90 Å². The molecule has 0 radical (unpaired) electrons. The third kappa shape index (κ3) is 4.77. The summed E-state index contributed by atoms with van der Waals surface area (Å²) in [5.41, 5.74) is 5.29. The van der Waals surface area contributed by atoms with Gasteiger partial charge in [0.05, 0.1) is 18.8 Å². The Morgan fingerprint density at radius 2 is 1.83 bits per heavy atom. The predicted molar refractivity (Wildman–Crippen MR) is 154 cm³/mol. The number of aryl methyl sites for hydroxylation is 1. The van der Waals surface area contributed by atoms with Crippen molar-refractivity contribution in [3.05, 3.63) is 62.4 Å². The minimum absolute atomic E-state index is 0.374. The van der Waals surface area contributed by atoms with Gasteiger partial charge in [-0.2, -0.15) is 0 Å². The fourth-order valence-electron chi connectivity index (χ4n) is 5.97. The van der Waals surface area contributed by atoms with E-state index < -0.39 is 11.4 Å². The Morgan fingerprint density at radius 1 is 1.11 bits per heavy atom. The lowest BCUT2D eigenvalue weighted by Crippen LogP contribution is -2.49. The van der Waals surface area contributed by atoms with Crippen LogP contribution in [0.1, 0.15) is 60.8 Å². The van der Waals surface area contributed by atoms with Crippen LogP contribution in [0.4, 0.5) is 5.69 Å². The van der Waals surface area contributed by atoms with Gasteiger partial charge in [-0.1, -0.05) is 39.0 Å². The van der Waals surface area contributed by atoms with Crippen LogP contribution in [-0.2, 0) is 16.6 Å². The van der Waals surface area contributed by atoms with Crippen molar-refractivity contribution in [1.82, 2.24) is 9.88 Å². The number of ether oxygens (including phenoxy) is 1. The number of piperidine rings is 1. The largest absolute Gasteiger partial charge is 0.478 e. The SMILES string of the molecule is CCc1ccc(C(C)(C)c2[nH]c3cc(I)ccc3c2C(=O)O)cc1N1CCC(N2CCOCC2)CC1. The van der Waals surface area contributed by atoms with Crippen LogP contribution in [0, 0.1) is 3.57 Å². The van der Waals surface area contributed by atoms with Crippen LogP contribution in [0.2, 0.25) is 0 Å². The molecule has 0 bridgehead atoms. The number of nitrogens with zero attached hydrogens (tertiary/aromatic N) is 2. The number of carboxylic acids is 1. The summed E-state index contributed by atoms with van der Waals surface area (Å²) in [7, 11) is 0. The third-order valence-electron chi connectivity index (χ3n) is 8.15. The van der Waals surface area contributed by atoms with E-state index >= 15 is 0 Å². The zero-order valence-corrected chi connectivity index (χ0v) is 23.6. The summed E-state index contributed by atoms with van der Waals surface area (Å²) in [5, 5.41) is 10.9. The zero-order chi connectivity index (χ0) is 25.4. The molecule has 0 saturated carbocycles. The summed E-state index contributed by atoms with van der Waals surface area (Å²) in [5.74, 6) is -0.888. The number of halogens is 1. The van der Waals surface area contributed by atoms with E-state index in [1.165, 1.54) is 24.1 Å². The Labute approximate surface area is 227 Å².